The van der Waals surface area contributed by atoms with Gasteiger partial charge in [-0.15, -0.1) is 0 Å². The molecule has 94 valence electrons. The van der Waals surface area contributed by atoms with E-state index in [0.717, 1.165) is 17.5 Å². The van der Waals surface area contributed by atoms with Gasteiger partial charge in [0.25, 0.3) is 0 Å². The van der Waals surface area contributed by atoms with Gasteiger partial charge in [0.1, 0.15) is 5.82 Å². The van der Waals surface area contributed by atoms with Crippen molar-refractivity contribution in [2.24, 2.45) is 0 Å². The molecule has 0 saturated carbocycles. The summed E-state index contributed by atoms with van der Waals surface area (Å²) in [5, 5.41) is 10.1. The predicted molar refractivity (Wildman–Crippen MR) is 68.7 cm³/mol. The van der Waals surface area contributed by atoms with Crippen molar-refractivity contribution in [3.8, 4) is 0 Å². The Morgan fingerprint density at radius 2 is 1.94 bits per heavy atom. The second-order valence-electron chi connectivity index (χ2n) is 4.42. The third-order valence-corrected chi connectivity index (χ3v) is 3.02. The SMILES string of the molecule is Cc1cc(C(O)CCc2ccncc2)ccc1F. The van der Waals surface area contributed by atoms with Gasteiger partial charge in [-0.1, -0.05) is 12.1 Å². The summed E-state index contributed by atoms with van der Waals surface area (Å²) in [6.45, 7) is 1.70. The summed E-state index contributed by atoms with van der Waals surface area (Å²) in [6, 6.07) is 8.61. The van der Waals surface area contributed by atoms with Crippen LogP contribution in [0.15, 0.2) is 42.7 Å². The molecular formula is C15H16FNO. The Balaban J connectivity index is 1.99. The molecule has 1 aromatic carbocycles. The fourth-order valence-corrected chi connectivity index (χ4v) is 1.89. The number of aliphatic hydroxyl groups excluding tert-OH is 1. The van der Waals surface area contributed by atoms with E-state index in [0.29, 0.717) is 12.0 Å². The lowest BCUT2D eigenvalue weighted by Crippen LogP contribution is -2.01. The predicted octanol–water partition coefficient (Wildman–Crippen LogP) is 3.20. The molecule has 0 aliphatic heterocycles. The molecule has 0 saturated heterocycles. The zero-order valence-corrected chi connectivity index (χ0v) is 10.3. The summed E-state index contributed by atoms with van der Waals surface area (Å²) in [5.41, 5.74) is 2.47. The Bertz CT molecular complexity index is 513. The maximum atomic E-state index is 13.1. The monoisotopic (exact) mass is 245 g/mol. The van der Waals surface area contributed by atoms with E-state index < -0.39 is 6.10 Å². The summed E-state index contributed by atoms with van der Waals surface area (Å²) in [4.78, 5) is 3.95. The van der Waals surface area contributed by atoms with Gasteiger partial charge < -0.3 is 5.11 Å². The maximum Gasteiger partial charge on any atom is 0.126 e. The highest BCUT2D eigenvalue weighted by atomic mass is 19.1. The van der Waals surface area contributed by atoms with Gasteiger partial charge in [-0.3, -0.25) is 4.98 Å². The normalized spacial score (nSPS) is 12.4. The van der Waals surface area contributed by atoms with Crippen LogP contribution in [-0.2, 0) is 6.42 Å². The quantitative estimate of drug-likeness (QED) is 0.897. The van der Waals surface area contributed by atoms with E-state index in [4.69, 9.17) is 0 Å². The van der Waals surface area contributed by atoms with Crippen LogP contribution >= 0.6 is 0 Å². The summed E-state index contributed by atoms with van der Waals surface area (Å²) in [7, 11) is 0. The van der Waals surface area contributed by atoms with Crippen LogP contribution in [0.3, 0.4) is 0 Å². The molecule has 0 amide bonds. The van der Waals surface area contributed by atoms with Crippen LogP contribution in [0.5, 0.6) is 0 Å². The molecule has 2 aromatic rings. The van der Waals surface area contributed by atoms with Crippen LogP contribution in [0.25, 0.3) is 0 Å². The van der Waals surface area contributed by atoms with Crippen molar-refractivity contribution in [3.63, 3.8) is 0 Å². The molecule has 2 rings (SSSR count). The lowest BCUT2D eigenvalue weighted by atomic mass is 10.0. The second kappa shape index (κ2) is 5.74. The average Bonchev–Trinajstić information content (AvgIpc) is 2.40. The Morgan fingerprint density at radius 1 is 1.22 bits per heavy atom. The molecule has 1 aromatic heterocycles. The molecule has 0 aliphatic carbocycles. The Morgan fingerprint density at radius 3 is 2.61 bits per heavy atom. The van der Waals surface area contributed by atoms with Crippen LogP contribution in [0, 0.1) is 12.7 Å². The number of hydrogen-bond acceptors (Lipinski definition) is 2. The van der Waals surface area contributed by atoms with Crippen molar-refractivity contribution in [1.82, 2.24) is 4.98 Å². The number of benzene rings is 1. The van der Waals surface area contributed by atoms with Crippen molar-refractivity contribution in [1.29, 1.82) is 0 Å². The van der Waals surface area contributed by atoms with Gasteiger partial charge in [0, 0.05) is 12.4 Å². The minimum atomic E-state index is -0.558. The van der Waals surface area contributed by atoms with Gasteiger partial charge in [0.15, 0.2) is 0 Å². The number of halogens is 1. The maximum absolute atomic E-state index is 13.1. The van der Waals surface area contributed by atoms with Crippen molar-refractivity contribution in [2.75, 3.05) is 0 Å². The van der Waals surface area contributed by atoms with Gasteiger partial charge in [-0.2, -0.15) is 0 Å². The smallest absolute Gasteiger partial charge is 0.126 e. The third-order valence-electron chi connectivity index (χ3n) is 3.02. The molecule has 1 unspecified atom stereocenters. The van der Waals surface area contributed by atoms with Crippen molar-refractivity contribution >= 4 is 0 Å². The molecule has 3 heteroatoms. The highest BCUT2D eigenvalue weighted by Gasteiger charge is 2.09. The molecule has 0 aliphatic rings. The highest BCUT2D eigenvalue weighted by molar-refractivity contribution is 5.25. The summed E-state index contributed by atoms with van der Waals surface area (Å²) < 4.78 is 13.1. The van der Waals surface area contributed by atoms with Crippen LogP contribution in [-0.4, -0.2) is 10.1 Å². The molecule has 0 radical (unpaired) electrons. The van der Waals surface area contributed by atoms with Crippen LogP contribution in [0.4, 0.5) is 4.39 Å². The number of rotatable bonds is 4. The Labute approximate surface area is 106 Å². The topological polar surface area (TPSA) is 33.1 Å². The van der Waals surface area contributed by atoms with E-state index in [1.165, 1.54) is 6.07 Å². The molecule has 1 N–H and O–H groups in total. The number of aromatic nitrogens is 1. The summed E-state index contributed by atoms with van der Waals surface area (Å²) >= 11 is 0. The van der Waals surface area contributed by atoms with E-state index in [-0.39, 0.29) is 5.82 Å². The second-order valence-corrected chi connectivity index (χ2v) is 4.42. The first-order chi connectivity index (χ1) is 8.66. The standard InChI is InChI=1S/C15H16FNO/c1-11-10-13(3-4-14(11)16)15(18)5-2-12-6-8-17-9-7-12/h3-4,6-10,15,18H,2,5H2,1H3. The van der Waals surface area contributed by atoms with Gasteiger partial charge in [0.2, 0.25) is 0 Å². The molecule has 18 heavy (non-hydrogen) atoms. The van der Waals surface area contributed by atoms with Gasteiger partial charge in [-0.05, 0) is 54.7 Å². The highest BCUT2D eigenvalue weighted by Crippen LogP contribution is 2.21. The Kier molecular flexibility index (Phi) is 4.05. The first-order valence-electron chi connectivity index (χ1n) is 6.00. The lowest BCUT2D eigenvalue weighted by molar-refractivity contribution is 0.167. The molecule has 0 spiro atoms. The first-order valence-corrected chi connectivity index (χ1v) is 6.00. The van der Waals surface area contributed by atoms with Crippen molar-refractivity contribution in [3.05, 3.63) is 65.2 Å². The molecule has 2 nitrogen and oxygen atoms in total. The largest absolute Gasteiger partial charge is 0.388 e. The van der Waals surface area contributed by atoms with Gasteiger partial charge in [-0.25, -0.2) is 4.39 Å². The molecule has 1 heterocycles. The molecule has 0 bridgehead atoms. The van der Waals surface area contributed by atoms with E-state index in [2.05, 4.69) is 4.98 Å². The van der Waals surface area contributed by atoms with Crippen LogP contribution in [0.2, 0.25) is 0 Å². The minimum absolute atomic E-state index is 0.236. The number of hydrogen-bond donors (Lipinski definition) is 1. The average molecular weight is 245 g/mol. The van der Waals surface area contributed by atoms with E-state index in [1.54, 1.807) is 31.5 Å². The van der Waals surface area contributed by atoms with Crippen molar-refractivity contribution in [2.45, 2.75) is 25.9 Å². The zero-order valence-electron chi connectivity index (χ0n) is 10.3. The number of nitrogens with zero attached hydrogens (tertiary/aromatic N) is 1. The molecule has 0 fully saturated rings. The molecule has 1 atom stereocenters. The summed E-state index contributed by atoms with van der Waals surface area (Å²) in [6.07, 6.45) is 4.32. The summed E-state index contributed by atoms with van der Waals surface area (Å²) in [5.74, 6) is -0.236. The minimum Gasteiger partial charge on any atom is -0.388 e. The van der Waals surface area contributed by atoms with Gasteiger partial charge in [0.05, 0.1) is 6.10 Å². The van der Waals surface area contributed by atoms with Crippen LogP contribution in [0.1, 0.15) is 29.2 Å². The molecular weight excluding hydrogens is 229 g/mol. The number of pyridine rings is 1. The fourth-order valence-electron chi connectivity index (χ4n) is 1.89. The number of aryl methyl sites for hydroxylation is 2. The van der Waals surface area contributed by atoms with Crippen molar-refractivity contribution < 1.29 is 9.50 Å². The lowest BCUT2D eigenvalue weighted by Gasteiger charge is -2.12. The Hall–Kier alpha value is -1.74. The van der Waals surface area contributed by atoms with E-state index in [9.17, 15) is 9.50 Å². The number of aliphatic hydroxyl groups is 1. The third kappa shape index (κ3) is 3.14. The zero-order chi connectivity index (χ0) is 13.0. The first kappa shape index (κ1) is 12.7. The van der Waals surface area contributed by atoms with E-state index >= 15 is 0 Å². The van der Waals surface area contributed by atoms with Gasteiger partial charge >= 0.3 is 0 Å². The van der Waals surface area contributed by atoms with E-state index in [1.807, 2.05) is 12.1 Å². The fraction of sp³-hybridized carbons (Fsp3) is 0.267. The van der Waals surface area contributed by atoms with Crippen LogP contribution < -0.4 is 0 Å².